The summed E-state index contributed by atoms with van der Waals surface area (Å²) in [5.41, 5.74) is 3.36. The van der Waals surface area contributed by atoms with Gasteiger partial charge in [0.1, 0.15) is 0 Å². The zero-order chi connectivity index (χ0) is 28.0. The van der Waals surface area contributed by atoms with Gasteiger partial charge in [-0.15, -0.1) is 35.9 Å². The average Bonchev–Trinajstić information content (AvgIpc) is 3.20. The summed E-state index contributed by atoms with van der Waals surface area (Å²) in [5.74, 6) is 0.606. The Balaban J connectivity index is 0.000000221. The van der Waals surface area contributed by atoms with Crippen LogP contribution in [0.1, 0.15) is 97.5 Å². The summed E-state index contributed by atoms with van der Waals surface area (Å²) in [6.07, 6.45) is 12.4. The van der Waals surface area contributed by atoms with Gasteiger partial charge in [-0.3, -0.25) is 0 Å². The van der Waals surface area contributed by atoms with E-state index in [4.69, 9.17) is 0 Å². The van der Waals surface area contributed by atoms with Crippen molar-refractivity contribution in [2.75, 3.05) is 0 Å². The molecule has 2 aromatic carbocycles. The summed E-state index contributed by atoms with van der Waals surface area (Å²) >= 11 is 0. The molecule has 2 aliphatic carbocycles. The van der Waals surface area contributed by atoms with Crippen LogP contribution >= 0.6 is 0 Å². The van der Waals surface area contributed by atoms with E-state index in [1.165, 1.54) is 42.0 Å². The zero-order valence-electron chi connectivity index (χ0n) is 25.3. The van der Waals surface area contributed by atoms with Crippen molar-refractivity contribution in [3.8, 4) is 11.3 Å². The van der Waals surface area contributed by atoms with E-state index < -0.39 is 0 Å². The first kappa shape index (κ1) is 32.9. The molecule has 4 heteroatoms. The molecule has 3 aromatic rings. The fourth-order valence-corrected chi connectivity index (χ4v) is 7.84. The summed E-state index contributed by atoms with van der Waals surface area (Å²) in [6.45, 7) is 11.0. The number of nitrogens with zero attached hydrogens (tertiary/aromatic N) is 1. The second-order valence-corrected chi connectivity index (χ2v) is 12.3. The number of aromatic nitrogens is 1. The Labute approximate surface area is 256 Å². The van der Waals surface area contributed by atoms with Gasteiger partial charge in [-0.1, -0.05) is 64.3 Å². The Hall–Kier alpha value is -1.58. The minimum Gasteiger partial charge on any atom is -0.392 e. The maximum absolute atomic E-state index is 11.4. The molecule has 40 heavy (non-hydrogen) atoms. The molecule has 5 rings (SSSR count). The quantitative estimate of drug-likeness (QED) is 0.259. The second kappa shape index (κ2) is 14.5. The molecule has 2 N–H and O–H groups in total. The topological polar surface area (TPSA) is 53.4 Å². The molecule has 1 radical (unpaired) electrons. The van der Waals surface area contributed by atoms with E-state index in [9.17, 15) is 10.2 Å². The van der Waals surface area contributed by atoms with Crippen LogP contribution in [0.4, 0.5) is 0 Å². The standard InChI is InChI=1S/C20H38O2.C16H12N.Ir/c1-5-19(6-2)13-9-11-15-12-10-14-20(7-3,8-4)18(22)16(15)17(19)21;1-12-7-8-13-9-10-17-16(15(13)11-12)14-5-3-2-4-6-14;/h15-18,21-22H,5-14H2,1-4H3;2-5,7-11H,1H3;/q;-1;. The van der Waals surface area contributed by atoms with Gasteiger partial charge in [0.25, 0.3) is 0 Å². The first-order valence-corrected chi connectivity index (χ1v) is 15.5. The molecule has 2 atom stereocenters. The van der Waals surface area contributed by atoms with E-state index in [1.807, 2.05) is 36.5 Å². The monoisotopic (exact) mass is 721 g/mol. The molecular formula is C36H50IrNO2-. The third kappa shape index (κ3) is 6.57. The molecule has 2 unspecified atom stereocenters. The Morgan fingerprint density at radius 1 is 0.850 bits per heavy atom. The van der Waals surface area contributed by atoms with Gasteiger partial charge >= 0.3 is 0 Å². The van der Waals surface area contributed by atoms with Gasteiger partial charge in [0.15, 0.2) is 0 Å². The fraction of sp³-hybridized carbons (Fsp3) is 0.583. The number of hydrogen-bond donors (Lipinski definition) is 2. The molecule has 0 saturated heterocycles. The smallest absolute Gasteiger partial charge is 0.0651 e. The van der Waals surface area contributed by atoms with Crippen LogP contribution in [0.3, 0.4) is 0 Å². The van der Waals surface area contributed by atoms with E-state index in [0.717, 1.165) is 49.8 Å². The molecule has 0 bridgehead atoms. The van der Waals surface area contributed by atoms with Crippen molar-refractivity contribution in [1.29, 1.82) is 0 Å². The van der Waals surface area contributed by atoms with Crippen LogP contribution in [0.25, 0.3) is 22.0 Å². The molecule has 2 aliphatic rings. The summed E-state index contributed by atoms with van der Waals surface area (Å²) in [4.78, 5) is 4.49. The minimum atomic E-state index is -0.333. The number of aryl methyl sites for hydroxylation is 1. The van der Waals surface area contributed by atoms with Crippen LogP contribution < -0.4 is 0 Å². The maximum atomic E-state index is 11.4. The van der Waals surface area contributed by atoms with Crippen molar-refractivity contribution in [2.24, 2.45) is 22.7 Å². The van der Waals surface area contributed by atoms with Gasteiger partial charge in [-0.2, -0.15) is 0 Å². The van der Waals surface area contributed by atoms with Crippen LogP contribution in [-0.2, 0) is 20.1 Å². The molecule has 1 heterocycles. The van der Waals surface area contributed by atoms with Crippen molar-refractivity contribution in [3.05, 3.63) is 66.4 Å². The number of aliphatic hydroxyl groups is 2. The maximum Gasteiger partial charge on any atom is 0.0651 e. The van der Waals surface area contributed by atoms with E-state index in [1.54, 1.807) is 0 Å². The van der Waals surface area contributed by atoms with Gasteiger partial charge < -0.3 is 15.2 Å². The van der Waals surface area contributed by atoms with Crippen molar-refractivity contribution >= 4 is 10.8 Å². The number of hydrogen-bond acceptors (Lipinski definition) is 3. The van der Waals surface area contributed by atoms with Crippen molar-refractivity contribution in [3.63, 3.8) is 0 Å². The van der Waals surface area contributed by atoms with E-state index in [-0.39, 0.29) is 49.1 Å². The summed E-state index contributed by atoms with van der Waals surface area (Å²) in [7, 11) is 0. The molecule has 0 spiro atoms. The Morgan fingerprint density at radius 3 is 1.98 bits per heavy atom. The summed E-state index contributed by atoms with van der Waals surface area (Å²) in [6, 6.07) is 19.7. The van der Waals surface area contributed by atoms with Crippen molar-refractivity contribution < 1.29 is 30.3 Å². The van der Waals surface area contributed by atoms with Gasteiger partial charge in [0.2, 0.25) is 0 Å². The van der Waals surface area contributed by atoms with Crippen LogP contribution in [0, 0.1) is 35.7 Å². The Morgan fingerprint density at radius 2 is 1.45 bits per heavy atom. The molecule has 2 saturated carbocycles. The SMILES string of the molecule is CCC1(CC)CCCC2CCCC(CC)(CC)C(O)C2C1O.Cc1ccc2ccnc(-c3[c-]cccc3)c2c1.[Ir]. The second-order valence-electron chi connectivity index (χ2n) is 12.3. The third-order valence-electron chi connectivity index (χ3n) is 10.7. The largest absolute Gasteiger partial charge is 0.392 e. The van der Waals surface area contributed by atoms with Gasteiger partial charge in [-0.05, 0) is 97.6 Å². The fourth-order valence-electron chi connectivity index (χ4n) is 7.84. The zero-order valence-corrected chi connectivity index (χ0v) is 27.6. The summed E-state index contributed by atoms with van der Waals surface area (Å²) in [5, 5.41) is 25.1. The number of rotatable bonds is 5. The van der Waals surface area contributed by atoms with Gasteiger partial charge in [0.05, 0.1) is 12.2 Å². The molecule has 0 amide bonds. The predicted octanol–water partition coefficient (Wildman–Crippen LogP) is 8.93. The first-order valence-electron chi connectivity index (χ1n) is 15.5. The number of aliphatic hydroxyl groups excluding tert-OH is 2. The molecular weight excluding hydrogens is 671 g/mol. The van der Waals surface area contributed by atoms with E-state index in [0.29, 0.717) is 5.92 Å². The Kier molecular flexibility index (Phi) is 12.0. The number of benzene rings is 2. The van der Waals surface area contributed by atoms with Crippen molar-refractivity contribution in [1.82, 2.24) is 4.98 Å². The first-order chi connectivity index (χ1) is 18.8. The van der Waals surface area contributed by atoms with Crippen LogP contribution in [0.5, 0.6) is 0 Å². The van der Waals surface area contributed by atoms with Crippen LogP contribution in [0.2, 0.25) is 0 Å². The average molecular weight is 721 g/mol. The van der Waals surface area contributed by atoms with Gasteiger partial charge in [-0.25, -0.2) is 0 Å². The molecule has 3 nitrogen and oxygen atoms in total. The van der Waals surface area contributed by atoms with Crippen molar-refractivity contribution in [2.45, 2.75) is 111 Å². The normalized spacial score (nSPS) is 25.4. The van der Waals surface area contributed by atoms with Crippen LogP contribution in [0.15, 0.2) is 54.7 Å². The van der Waals surface area contributed by atoms with Gasteiger partial charge in [0, 0.05) is 32.2 Å². The molecule has 221 valence electrons. The van der Waals surface area contributed by atoms with E-state index >= 15 is 0 Å². The molecule has 0 aliphatic heterocycles. The third-order valence-corrected chi connectivity index (χ3v) is 10.7. The van der Waals surface area contributed by atoms with E-state index in [2.05, 4.69) is 63.9 Å². The minimum absolute atomic E-state index is 0. The predicted molar refractivity (Wildman–Crippen MR) is 163 cm³/mol. The molecule has 2 fully saturated rings. The molecule has 1 aromatic heterocycles. The van der Waals surface area contributed by atoms with Crippen LogP contribution in [-0.4, -0.2) is 27.4 Å². The summed E-state index contributed by atoms with van der Waals surface area (Å²) < 4.78 is 0. The number of fused-ring (bicyclic) bond motifs is 2. The number of pyridine rings is 1. The Bertz CT molecular complexity index is 1160.